The van der Waals surface area contributed by atoms with Crippen molar-refractivity contribution in [1.82, 2.24) is 10.6 Å². The summed E-state index contributed by atoms with van der Waals surface area (Å²) in [6.07, 6.45) is -0.840. The lowest BCUT2D eigenvalue weighted by atomic mass is 10.0. The highest BCUT2D eigenvalue weighted by Crippen LogP contribution is 2.12. The zero-order valence-electron chi connectivity index (χ0n) is 15.4. The normalized spacial score (nSPS) is 12.4. The number of nitrogens with one attached hydrogen (secondary N) is 2. The van der Waals surface area contributed by atoms with Gasteiger partial charge in [0.15, 0.2) is 0 Å². The topological polar surface area (TPSA) is 145 Å². The molecule has 0 fully saturated rings. The van der Waals surface area contributed by atoms with E-state index in [1.807, 2.05) is 6.07 Å². The molecule has 2 rings (SSSR count). The Kier molecular flexibility index (Phi) is 7.99. The number of hydrogen-bond donors (Lipinski definition) is 5. The zero-order valence-corrected chi connectivity index (χ0v) is 15.4. The summed E-state index contributed by atoms with van der Waals surface area (Å²) < 4.78 is 5.11. The SMILES string of the molecule is O=C(N[C@H](Cc1ccc(O)cc1)C(=O)N[C@@H](CO)C(=O)O)OCc1ccccc1. The average Bonchev–Trinajstić information content (AvgIpc) is 2.72. The lowest BCUT2D eigenvalue weighted by molar-refractivity contribution is -0.143. The Morgan fingerprint density at radius 1 is 0.897 bits per heavy atom. The van der Waals surface area contributed by atoms with Crippen molar-refractivity contribution in [3.63, 3.8) is 0 Å². The number of rotatable bonds is 9. The highest BCUT2D eigenvalue weighted by atomic mass is 16.5. The van der Waals surface area contributed by atoms with Crippen LogP contribution in [0.25, 0.3) is 0 Å². The highest BCUT2D eigenvalue weighted by Gasteiger charge is 2.27. The molecular weight excluding hydrogens is 380 g/mol. The Bertz CT molecular complexity index is 824. The standard InChI is InChI=1S/C20H22N2O7/c23-11-17(19(26)27)21-18(25)16(10-13-6-8-15(24)9-7-13)22-20(28)29-12-14-4-2-1-3-5-14/h1-9,16-17,23-24H,10-12H2,(H,21,25)(H,22,28)(H,26,27)/t16-,17+/m1/s1. The number of phenols is 1. The molecule has 0 aliphatic heterocycles. The Morgan fingerprint density at radius 3 is 2.14 bits per heavy atom. The monoisotopic (exact) mass is 402 g/mol. The Labute approximate surface area is 166 Å². The fourth-order valence-electron chi connectivity index (χ4n) is 2.44. The smallest absolute Gasteiger partial charge is 0.408 e. The van der Waals surface area contributed by atoms with Gasteiger partial charge in [-0.15, -0.1) is 0 Å². The Morgan fingerprint density at radius 2 is 1.55 bits per heavy atom. The van der Waals surface area contributed by atoms with Crippen molar-refractivity contribution in [2.24, 2.45) is 0 Å². The molecule has 29 heavy (non-hydrogen) atoms. The molecule has 0 aromatic heterocycles. The maximum absolute atomic E-state index is 12.5. The third-order valence-corrected chi connectivity index (χ3v) is 3.99. The number of amides is 2. The summed E-state index contributed by atoms with van der Waals surface area (Å²) in [7, 11) is 0. The molecule has 0 spiro atoms. The molecule has 9 heteroatoms. The van der Waals surface area contributed by atoms with Crippen LogP contribution in [0.4, 0.5) is 4.79 Å². The number of carboxylic acid groups (broad SMARTS) is 1. The number of ether oxygens (including phenoxy) is 1. The van der Waals surface area contributed by atoms with E-state index in [-0.39, 0.29) is 18.8 Å². The van der Waals surface area contributed by atoms with Gasteiger partial charge in [-0.1, -0.05) is 42.5 Å². The van der Waals surface area contributed by atoms with Crippen molar-refractivity contribution in [3.8, 4) is 5.75 Å². The summed E-state index contributed by atoms with van der Waals surface area (Å²) in [6.45, 7) is -0.805. The maximum atomic E-state index is 12.5. The fraction of sp³-hybridized carbons (Fsp3) is 0.250. The molecule has 154 valence electrons. The number of carbonyl (C=O) groups excluding carboxylic acids is 2. The van der Waals surface area contributed by atoms with Gasteiger partial charge in [-0.3, -0.25) is 4.79 Å². The van der Waals surface area contributed by atoms with Crippen LogP contribution in [0.3, 0.4) is 0 Å². The van der Waals surface area contributed by atoms with Gasteiger partial charge in [0, 0.05) is 6.42 Å². The summed E-state index contributed by atoms with van der Waals surface area (Å²) >= 11 is 0. The fourth-order valence-corrected chi connectivity index (χ4v) is 2.44. The first-order valence-corrected chi connectivity index (χ1v) is 8.78. The molecule has 0 saturated carbocycles. The summed E-state index contributed by atoms with van der Waals surface area (Å²) in [4.78, 5) is 35.7. The first kappa shape index (κ1) is 21.7. The van der Waals surface area contributed by atoms with Crippen LogP contribution in [0.15, 0.2) is 54.6 Å². The number of carbonyl (C=O) groups is 3. The molecule has 0 radical (unpaired) electrons. The molecule has 0 unspecified atom stereocenters. The number of alkyl carbamates (subject to hydrolysis) is 1. The number of aliphatic hydroxyl groups excluding tert-OH is 1. The predicted octanol–water partition coefficient (Wildman–Crippen LogP) is 0.791. The van der Waals surface area contributed by atoms with Gasteiger partial charge in [-0.2, -0.15) is 0 Å². The van der Waals surface area contributed by atoms with E-state index in [0.29, 0.717) is 5.56 Å². The van der Waals surface area contributed by atoms with Gasteiger partial charge < -0.3 is 30.7 Å². The van der Waals surface area contributed by atoms with Gasteiger partial charge in [-0.25, -0.2) is 9.59 Å². The molecular formula is C20H22N2O7. The number of aromatic hydroxyl groups is 1. The van der Waals surface area contributed by atoms with E-state index in [1.54, 1.807) is 36.4 Å². The second kappa shape index (κ2) is 10.7. The van der Waals surface area contributed by atoms with Crippen molar-refractivity contribution >= 4 is 18.0 Å². The van der Waals surface area contributed by atoms with Crippen molar-refractivity contribution < 1.29 is 34.4 Å². The van der Waals surface area contributed by atoms with Gasteiger partial charge in [0.05, 0.1) is 6.61 Å². The largest absolute Gasteiger partial charge is 0.508 e. The summed E-state index contributed by atoms with van der Waals surface area (Å²) in [5.41, 5.74) is 1.37. The first-order chi connectivity index (χ1) is 13.9. The summed E-state index contributed by atoms with van der Waals surface area (Å²) in [5, 5.41) is 32.1. The molecule has 2 atom stereocenters. The molecule has 2 aromatic rings. The van der Waals surface area contributed by atoms with Crippen molar-refractivity contribution in [2.45, 2.75) is 25.1 Å². The second-order valence-corrected chi connectivity index (χ2v) is 6.21. The van der Waals surface area contributed by atoms with E-state index >= 15 is 0 Å². The predicted molar refractivity (Wildman–Crippen MR) is 102 cm³/mol. The molecule has 0 heterocycles. The highest BCUT2D eigenvalue weighted by molar-refractivity contribution is 5.89. The van der Waals surface area contributed by atoms with E-state index in [2.05, 4.69) is 10.6 Å². The van der Waals surface area contributed by atoms with Crippen molar-refractivity contribution in [1.29, 1.82) is 0 Å². The van der Waals surface area contributed by atoms with Gasteiger partial charge >= 0.3 is 12.1 Å². The Balaban J connectivity index is 2.05. The van der Waals surface area contributed by atoms with E-state index in [1.165, 1.54) is 12.1 Å². The molecule has 0 aliphatic carbocycles. The van der Waals surface area contributed by atoms with E-state index in [9.17, 15) is 19.5 Å². The van der Waals surface area contributed by atoms with Crippen LogP contribution in [0.5, 0.6) is 5.75 Å². The van der Waals surface area contributed by atoms with Gasteiger partial charge in [0.2, 0.25) is 5.91 Å². The lowest BCUT2D eigenvalue weighted by Gasteiger charge is -2.20. The molecule has 2 aromatic carbocycles. The first-order valence-electron chi connectivity index (χ1n) is 8.78. The van der Waals surface area contributed by atoms with Crippen molar-refractivity contribution in [2.75, 3.05) is 6.61 Å². The average molecular weight is 402 g/mol. The van der Waals surface area contributed by atoms with Crippen LogP contribution in [-0.2, 0) is 27.4 Å². The van der Waals surface area contributed by atoms with Gasteiger partial charge in [0.25, 0.3) is 0 Å². The second-order valence-electron chi connectivity index (χ2n) is 6.21. The third kappa shape index (κ3) is 7.15. The molecule has 0 aliphatic rings. The number of aliphatic carboxylic acids is 1. The number of carboxylic acids is 1. The maximum Gasteiger partial charge on any atom is 0.408 e. The Hall–Kier alpha value is -3.59. The van der Waals surface area contributed by atoms with Crippen LogP contribution in [0, 0.1) is 0 Å². The minimum atomic E-state index is -1.51. The van der Waals surface area contributed by atoms with Gasteiger partial charge in [-0.05, 0) is 23.3 Å². The number of benzene rings is 2. The van der Waals surface area contributed by atoms with Gasteiger partial charge in [0.1, 0.15) is 24.4 Å². The van der Waals surface area contributed by atoms with Crippen molar-refractivity contribution in [3.05, 3.63) is 65.7 Å². The molecule has 0 saturated heterocycles. The molecule has 5 N–H and O–H groups in total. The van der Waals surface area contributed by atoms with Crippen LogP contribution >= 0.6 is 0 Å². The summed E-state index contributed by atoms with van der Waals surface area (Å²) in [6, 6.07) is 12.2. The van der Waals surface area contributed by atoms with Crippen LogP contribution in [0.2, 0.25) is 0 Å². The van der Waals surface area contributed by atoms with Crippen LogP contribution in [-0.4, -0.2) is 52.0 Å². The van der Waals surface area contributed by atoms with E-state index < -0.39 is 36.7 Å². The lowest BCUT2D eigenvalue weighted by Crippen LogP contribution is -2.53. The van der Waals surface area contributed by atoms with E-state index in [0.717, 1.165) is 5.56 Å². The van der Waals surface area contributed by atoms with Crippen LogP contribution < -0.4 is 10.6 Å². The molecule has 2 amide bonds. The number of hydrogen-bond acceptors (Lipinski definition) is 6. The molecule has 9 nitrogen and oxygen atoms in total. The third-order valence-electron chi connectivity index (χ3n) is 3.99. The minimum absolute atomic E-state index is 0.00534. The minimum Gasteiger partial charge on any atom is -0.508 e. The number of aliphatic hydroxyl groups is 1. The van der Waals surface area contributed by atoms with Crippen LogP contribution in [0.1, 0.15) is 11.1 Å². The molecule has 0 bridgehead atoms. The van der Waals surface area contributed by atoms with E-state index in [4.69, 9.17) is 14.9 Å². The number of phenolic OH excluding ortho intramolecular Hbond substituents is 1. The zero-order chi connectivity index (χ0) is 21.2. The summed E-state index contributed by atoms with van der Waals surface area (Å²) in [5.74, 6) is -2.16. The quantitative estimate of drug-likeness (QED) is 0.417.